The molecule has 0 aliphatic heterocycles. The van der Waals surface area contributed by atoms with Crippen LogP contribution >= 0.6 is 0 Å². The fourth-order valence-corrected chi connectivity index (χ4v) is 2.94. The Morgan fingerprint density at radius 3 is 2.68 bits per heavy atom. The van der Waals surface area contributed by atoms with E-state index in [1.54, 1.807) is 6.92 Å². The van der Waals surface area contributed by atoms with Gasteiger partial charge in [-0.1, -0.05) is 50.1 Å². The second kappa shape index (κ2) is 5.48. The number of carbonyl (C=O) groups excluding carboxylic acids is 1. The second-order valence-corrected chi connectivity index (χ2v) is 5.75. The molecule has 1 aromatic rings. The van der Waals surface area contributed by atoms with E-state index in [0.717, 1.165) is 12.8 Å². The molecule has 1 aliphatic rings. The molecular formula is C17H21NO. The van der Waals surface area contributed by atoms with Crippen molar-refractivity contribution < 1.29 is 4.79 Å². The topological polar surface area (TPSA) is 29.1 Å². The van der Waals surface area contributed by atoms with Gasteiger partial charge in [-0.15, -0.1) is 0 Å². The Morgan fingerprint density at radius 2 is 2.11 bits per heavy atom. The van der Waals surface area contributed by atoms with Crippen molar-refractivity contribution in [1.82, 2.24) is 5.32 Å². The number of rotatable bonds is 4. The highest BCUT2D eigenvalue weighted by Gasteiger charge is 2.55. The first-order valence-corrected chi connectivity index (χ1v) is 6.87. The number of nitrogens with one attached hydrogen (secondary N) is 1. The minimum absolute atomic E-state index is 0.0869. The molecule has 1 aromatic carbocycles. The summed E-state index contributed by atoms with van der Waals surface area (Å²) < 4.78 is 0. The van der Waals surface area contributed by atoms with Crippen molar-refractivity contribution in [2.24, 2.45) is 5.92 Å². The molecule has 0 unspecified atom stereocenters. The van der Waals surface area contributed by atoms with E-state index >= 15 is 0 Å². The van der Waals surface area contributed by atoms with Crippen LogP contribution in [0.1, 0.15) is 45.1 Å². The molecule has 0 heterocycles. The SMILES string of the molecule is CC#CC(=O)N[C@@]1(CC(C)C)C[C@@H]1c1ccccc1. The Kier molecular flexibility index (Phi) is 3.95. The van der Waals surface area contributed by atoms with E-state index in [9.17, 15) is 4.79 Å². The Hall–Kier alpha value is -1.75. The van der Waals surface area contributed by atoms with E-state index < -0.39 is 0 Å². The minimum Gasteiger partial charge on any atom is -0.339 e. The van der Waals surface area contributed by atoms with E-state index in [-0.39, 0.29) is 11.4 Å². The van der Waals surface area contributed by atoms with Crippen molar-refractivity contribution in [1.29, 1.82) is 0 Å². The van der Waals surface area contributed by atoms with Crippen molar-refractivity contribution in [3.63, 3.8) is 0 Å². The van der Waals surface area contributed by atoms with Crippen molar-refractivity contribution in [3.8, 4) is 11.8 Å². The lowest BCUT2D eigenvalue weighted by Gasteiger charge is -2.20. The molecule has 2 nitrogen and oxygen atoms in total. The predicted molar refractivity (Wildman–Crippen MR) is 77.6 cm³/mol. The van der Waals surface area contributed by atoms with Gasteiger partial charge in [0.25, 0.3) is 5.91 Å². The monoisotopic (exact) mass is 255 g/mol. The summed E-state index contributed by atoms with van der Waals surface area (Å²) in [6.07, 6.45) is 2.02. The molecule has 19 heavy (non-hydrogen) atoms. The average molecular weight is 255 g/mol. The highest BCUT2D eigenvalue weighted by atomic mass is 16.1. The molecule has 0 bridgehead atoms. The van der Waals surface area contributed by atoms with Gasteiger partial charge in [-0.3, -0.25) is 4.79 Å². The van der Waals surface area contributed by atoms with Crippen LogP contribution in [0.2, 0.25) is 0 Å². The number of carbonyl (C=O) groups is 1. The molecule has 1 N–H and O–H groups in total. The third kappa shape index (κ3) is 3.17. The molecule has 1 amide bonds. The summed E-state index contributed by atoms with van der Waals surface area (Å²) in [5.74, 6) is 6.09. The smallest absolute Gasteiger partial charge is 0.296 e. The first-order valence-electron chi connectivity index (χ1n) is 6.87. The molecule has 1 fully saturated rings. The molecule has 100 valence electrons. The van der Waals surface area contributed by atoms with Crippen LogP contribution in [-0.2, 0) is 4.79 Å². The molecule has 0 radical (unpaired) electrons. The van der Waals surface area contributed by atoms with Gasteiger partial charge in [0.1, 0.15) is 0 Å². The fourth-order valence-electron chi connectivity index (χ4n) is 2.94. The summed E-state index contributed by atoms with van der Waals surface area (Å²) in [5, 5.41) is 3.14. The number of hydrogen-bond donors (Lipinski definition) is 1. The zero-order chi connectivity index (χ0) is 13.9. The van der Waals surface area contributed by atoms with E-state index in [1.807, 2.05) is 6.07 Å². The summed E-state index contributed by atoms with van der Waals surface area (Å²) in [5.41, 5.74) is 1.23. The normalized spacial score (nSPS) is 24.5. The third-order valence-electron chi connectivity index (χ3n) is 3.65. The standard InChI is InChI=1S/C17H21NO/c1-4-8-16(19)18-17(11-13(2)3)12-15(17)14-9-6-5-7-10-14/h5-7,9-10,13,15H,11-12H2,1-3H3,(H,18,19)/t15-,17+/m1/s1. The van der Waals surface area contributed by atoms with Crippen LogP contribution in [0, 0.1) is 17.8 Å². The number of benzene rings is 1. The van der Waals surface area contributed by atoms with Crippen LogP contribution in [0.15, 0.2) is 30.3 Å². The van der Waals surface area contributed by atoms with E-state index in [0.29, 0.717) is 11.8 Å². The Labute approximate surface area is 115 Å². The van der Waals surface area contributed by atoms with Gasteiger partial charge in [-0.05, 0) is 37.2 Å². The lowest BCUT2D eigenvalue weighted by atomic mass is 9.96. The van der Waals surface area contributed by atoms with Crippen LogP contribution in [0.5, 0.6) is 0 Å². The van der Waals surface area contributed by atoms with Gasteiger partial charge in [0, 0.05) is 11.5 Å². The van der Waals surface area contributed by atoms with Crippen LogP contribution < -0.4 is 5.32 Å². The summed E-state index contributed by atoms with van der Waals surface area (Å²) in [6.45, 7) is 6.08. The van der Waals surface area contributed by atoms with Gasteiger partial charge >= 0.3 is 0 Å². The first kappa shape index (κ1) is 13.7. The lowest BCUT2D eigenvalue weighted by molar-refractivity contribution is -0.116. The summed E-state index contributed by atoms with van der Waals surface area (Å²) in [7, 11) is 0. The van der Waals surface area contributed by atoms with Crippen LogP contribution in [0.4, 0.5) is 0 Å². The van der Waals surface area contributed by atoms with Crippen LogP contribution in [-0.4, -0.2) is 11.4 Å². The van der Waals surface area contributed by atoms with Crippen LogP contribution in [0.3, 0.4) is 0 Å². The first-order chi connectivity index (χ1) is 9.07. The maximum Gasteiger partial charge on any atom is 0.296 e. The Bertz CT molecular complexity index is 509. The summed E-state index contributed by atoms with van der Waals surface area (Å²) in [6, 6.07) is 10.4. The van der Waals surface area contributed by atoms with Gasteiger partial charge in [-0.25, -0.2) is 0 Å². The highest BCUT2D eigenvalue weighted by molar-refractivity contribution is 5.94. The van der Waals surface area contributed by atoms with Crippen molar-refractivity contribution in [3.05, 3.63) is 35.9 Å². The summed E-state index contributed by atoms with van der Waals surface area (Å²) >= 11 is 0. The molecule has 1 saturated carbocycles. The van der Waals surface area contributed by atoms with Crippen molar-refractivity contribution in [2.45, 2.75) is 45.1 Å². The molecule has 0 aromatic heterocycles. The third-order valence-corrected chi connectivity index (χ3v) is 3.65. The quantitative estimate of drug-likeness (QED) is 0.823. The van der Waals surface area contributed by atoms with Gasteiger partial charge in [0.2, 0.25) is 0 Å². The maximum absolute atomic E-state index is 11.8. The largest absolute Gasteiger partial charge is 0.339 e. The minimum atomic E-state index is -0.151. The molecule has 2 heteroatoms. The van der Waals surface area contributed by atoms with Gasteiger partial charge in [0.05, 0.1) is 0 Å². The van der Waals surface area contributed by atoms with Crippen molar-refractivity contribution >= 4 is 5.91 Å². The van der Waals surface area contributed by atoms with Gasteiger partial charge in [-0.2, -0.15) is 0 Å². The van der Waals surface area contributed by atoms with Crippen LogP contribution in [0.25, 0.3) is 0 Å². The molecule has 2 atom stereocenters. The summed E-state index contributed by atoms with van der Waals surface area (Å²) in [4.78, 5) is 11.8. The average Bonchev–Trinajstić information content (AvgIpc) is 3.03. The molecule has 0 saturated heterocycles. The molecule has 2 rings (SSSR count). The van der Waals surface area contributed by atoms with Gasteiger partial charge in [0.15, 0.2) is 0 Å². The van der Waals surface area contributed by atoms with E-state index in [4.69, 9.17) is 0 Å². The highest BCUT2D eigenvalue weighted by Crippen LogP contribution is 2.54. The van der Waals surface area contributed by atoms with E-state index in [1.165, 1.54) is 5.56 Å². The van der Waals surface area contributed by atoms with Crippen molar-refractivity contribution in [2.75, 3.05) is 0 Å². The molecule has 0 spiro atoms. The second-order valence-electron chi connectivity index (χ2n) is 5.75. The maximum atomic E-state index is 11.8. The number of amides is 1. The zero-order valence-electron chi connectivity index (χ0n) is 11.9. The number of hydrogen-bond acceptors (Lipinski definition) is 1. The van der Waals surface area contributed by atoms with Gasteiger partial charge < -0.3 is 5.32 Å². The van der Waals surface area contributed by atoms with E-state index in [2.05, 4.69) is 55.3 Å². The fraction of sp³-hybridized carbons (Fsp3) is 0.471. The Balaban J connectivity index is 2.15. The lowest BCUT2D eigenvalue weighted by Crippen LogP contribution is -2.38. The predicted octanol–water partition coefficient (Wildman–Crippen LogP) is 3.10. The molecular weight excluding hydrogens is 234 g/mol. The zero-order valence-corrected chi connectivity index (χ0v) is 11.9. The molecule has 1 aliphatic carbocycles. The Morgan fingerprint density at radius 1 is 1.42 bits per heavy atom.